The van der Waals surface area contributed by atoms with Crippen molar-refractivity contribution in [3.63, 3.8) is 0 Å². The van der Waals surface area contributed by atoms with Crippen molar-refractivity contribution in [1.82, 2.24) is 14.8 Å². The summed E-state index contributed by atoms with van der Waals surface area (Å²) in [5.41, 5.74) is 0.480. The highest BCUT2D eigenvalue weighted by Crippen LogP contribution is 2.26. The molecule has 0 radical (unpaired) electrons. The van der Waals surface area contributed by atoms with Crippen molar-refractivity contribution in [3.8, 4) is 11.4 Å². The number of aromatic nitrogens is 3. The molecule has 0 saturated carbocycles. The zero-order valence-corrected chi connectivity index (χ0v) is 12.8. The highest BCUT2D eigenvalue weighted by atomic mass is 32.2. The predicted molar refractivity (Wildman–Crippen MR) is 80.7 cm³/mol. The van der Waals surface area contributed by atoms with Crippen LogP contribution in [-0.4, -0.2) is 33.2 Å². The molecule has 1 fully saturated rings. The Morgan fingerprint density at radius 3 is 2.95 bits per heavy atom. The number of thioether (sulfide) groups is 1. The van der Waals surface area contributed by atoms with Crippen molar-refractivity contribution in [1.29, 1.82) is 0 Å². The molecule has 1 atom stereocenters. The summed E-state index contributed by atoms with van der Waals surface area (Å²) in [7, 11) is 1.87. The Hall–Kier alpha value is -1.40. The molecule has 1 saturated heterocycles. The molecule has 0 spiro atoms. The summed E-state index contributed by atoms with van der Waals surface area (Å²) in [6.45, 7) is 0.852. The lowest BCUT2D eigenvalue weighted by Gasteiger charge is -2.21. The maximum Gasteiger partial charge on any atom is 0.191 e. The Morgan fingerprint density at radius 2 is 2.19 bits per heavy atom. The standard InChI is InChI=1S/C15H18FN3OS/c1-19-14(12-7-2-3-8-13(12)16)17-18-15(19)21-10-11-6-4-5-9-20-11/h2-3,7-8,11H,4-6,9-10H2,1H3/t11-/m1/s1. The highest BCUT2D eigenvalue weighted by Gasteiger charge is 2.18. The average Bonchev–Trinajstić information content (AvgIpc) is 2.88. The number of ether oxygens (including phenoxy) is 1. The second-order valence-electron chi connectivity index (χ2n) is 5.14. The van der Waals surface area contributed by atoms with Crippen LogP contribution in [0, 0.1) is 5.82 Å². The van der Waals surface area contributed by atoms with E-state index in [4.69, 9.17) is 4.74 Å². The molecule has 1 aliphatic rings. The van der Waals surface area contributed by atoms with Crippen LogP contribution >= 0.6 is 11.8 Å². The van der Waals surface area contributed by atoms with E-state index in [1.54, 1.807) is 30.0 Å². The first-order valence-corrected chi connectivity index (χ1v) is 8.13. The molecular weight excluding hydrogens is 289 g/mol. The van der Waals surface area contributed by atoms with E-state index < -0.39 is 0 Å². The van der Waals surface area contributed by atoms with Crippen LogP contribution in [0.4, 0.5) is 4.39 Å². The van der Waals surface area contributed by atoms with Gasteiger partial charge < -0.3 is 9.30 Å². The van der Waals surface area contributed by atoms with E-state index in [9.17, 15) is 4.39 Å². The lowest BCUT2D eigenvalue weighted by Crippen LogP contribution is -2.21. The quantitative estimate of drug-likeness (QED) is 0.813. The first kappa shape index (κ1) is 14.5. The first-order valence-electron chi connectivity index (χ1n) is 7.14. The van der Waals surface area contributed by atoms with Gasteiger partial charge in [-0.05, 0) is 31.4 Å². The molecule has 6 heteroatoms. The molecule has 1 aromatic carbocycles. The van der Waals surface area contributed by atoms with Crippen LogP contribution in [0.5, 0.6) is 0 Å². The molecule has 4 nitrogen and oxygen atoms in total. The number of hydrogen-bond acceptors (Lipinski definition) is 4. The molecule has 21 heavy (non-hydrogen) atoms. The minimum atomic E-state index is -0.278. The van der Waals surface area contributed by atoms with Gasteiger partial charge in [0.05, 0.1) is 11.7 Å². The van der Waals surface area contributed by atoms with Gasteiger partial charge in [-0.3, -0.25) is 0 Å². The summed E-state index contributed by atoms with van der Waals surface area (Å²) in [5, 5.41) is 9.09. The van der Waals surface area contributed by atoms with E-state index in [-0.39, 0.29) is 11.9 Å². The normalized spacial score (nSPS) is 18.9. The average molecular weight is 307 g/mol. The van der Waals surface area contributed by atoms with Crippen molar-refractivity contribution in [2.24, 2.45) is 7.05 Å². The summed E-state index contributed by atoms with van der Waals surface area (Å²) in [6, 6.07) is 6.63. The largest absolute Gasteiger partial charge is 0.377 e. The lowest BCUT2D eigenvalue weighted by molar-refractivity contribution is 0.0315. The second-order valence-corrected chi connectivity index (χ2v) is 6.13. The van der Waals surface area contributed by atoms with Gasteiger partial charge in [-0.15, -0.1) is 10.2 Å². The van der Waals surface area contributed by atoms with Crippen molar-refractivity contribution < 1.29 is 9.13 Å². The smallest absolute Gasteiger partial charge is 0.191 e. The minimum Gasteiger partial charge on any atom is -0.377 e. The van der Waals surface area contributed by atoms with Gasteiger partial charge in [-0.2, -0.15) is 0 Å². The SMILES string of the molecule is Cn1c(SC[C@H]2CCCCO2)nnc1-c1ccccc1F. The van der Waals surface area contributed by atoms with Crippen LogP contribution in [0.3, 0.4) is 0 Å². The predicted octanol–water partition coefficient (Wildman–Crippen LogP) is 3.28. The van der Waals surface area contributed by atoms with Crippen LogP contribution in [0.1, 0.15) is 19.3 Å². The Balaban J connectivity index is 1.72. The first-order chi connectivity index (χ1) is 10.3. The van der Waals surface area contributed by atoms with E-state index in [1.165, 1.54) is 12.5 Å². The highest BCUT2D eigenvalue weighted by molar-refractivity contribution is 7.99. The maximum absolute atomic E-state index is 13.8. The van der Waals surface area contributed by atoms with Gasteiger partial charge in [-0.1, -0.05) is 23.9 Å². The third-order valence-corrected chi connectivity index (χ3v) is 4.77. The number of hydrogen-bond donors (Lipinski definition) is 0. The Labute approximate surface area is 127 Å². The number of rotatable bonds is 4. The summed E-state index contributed by atoms with van der Waals surface area (Å²) < 4.78 is 21.4. The van der Waals surface area contributed by atoms with E-state index in [0.717, 1.165) is 30.4 Å². The fourth-order valence-electron chi connectivity index (χ4n) is 2.42. The monoisotopic (exact) mass is 307 g/mol. The maximum atomic E-state index is 13.8. The molecule has 2 heterocycles. The van der Waals surface area contributed by atoms with Crippen LogP contribution < -0.4 is 0 Å². The number of nitrogens with zero attached hydrogens (tertiary/aromatic N) is 3. The summed E-state index contributed by atoms with van der Waals surface area (Å²) >= 11 is 1.62. The third kappa shape index (κ3) is 3.27. The fraction of sp³-hybridized carbons (Fsp3) is 0.467. The van der Waals surface area contributed by atoms with Crippen molar-refractivity contribution in [2.75, 3.05) is 12.4 Å². The molecule has 1 aromatic heterocycles. The van der Waals surface area contributed by atoms with Gasteiger partial charge in [0, 0.05) is 19.4 Å². The molecule has 1 aliphatic heterocycles. The van der Waals surface area contributed by atoms with Crippen LogP contribution in [0.25, 0.3) is 11.4 Å². The Kier molecular flexibility index (Phi) is 4.55. The van der Waals surface area contributed by atoms with Gasteiger partial charge in [0.1, 0.15) is 5.82 Å². The topological polar surface area (TPSA) is 39.9 Å². The van der Waals surface area contributed by atoms with E-state index >= 15 is 0 Å². The Morgan fingerprint density at radius 1 is 1.33 bits per heavy atom. The molecule has 3 rings (SSSR count). The molecular formula is C15H18FN3OS. The van der Waals surface area contributed by atoms with E-state index in [1.807, 2.05) is 11.6 Å². The van der Waals surface area contributed by atoms with Gasteiger partial charge in [-0.25, -0.2) is 4.39 Å². The van der Waals surface area contributed by atoms with Gasteiger partial charge in [0.2, 0.25) is 0 Å². The van der Waals surface area contributed by atoms with Gasteiger partial charge in [0.25, 0.3) is 0 Å². The lowest BCUT2D eigenvalue weighted by atomic mass is 10.1. The van der Waals surface area contributed by atoms with Gasteiger partial charge in [0.15, 0.2) is 11.0 Å². The molecule has 0 amide bonds. The molecule has 112 valence electrons. The van der Waals surface area contributed by atoms with Crippen LogP contribution in [0.2, 0.25) is 0 Å². The zero-order valence-electron chi connectivity index (χ0n) is 12.0. The van der Waals surface area contributed by atoms with Crippen LogP contribution in [-0.2, 0) is 11.8 Å². The molecule has 2 aromatic rings. The molecule has 0 aliphatic carbocycles. The Bertz CT molecular complexity index is 611. The van der Waals surface area contributed by atoms with Crippen LogP contribution in [0.15, 0.2) is 29.4 Å². The van der Waals surface area contributed by atoms with E-state index in [0.29, 0.717) is 11.4 Å². The van der Waals surface area contributed by atoms with Crippen molar-refractivity contribution >= 4 is 11.8 Å². The molecule has 0 N–H and O–H groups in total. The number of halogens is 1. The second kappa shape index (κ2) is 6.58. The molecule has 0 bridgehead atoms. The van der Waals surface area contributed by atoms with Crippen molar-refractivity contribution in [2.45, 2.75) is 30.5 Å². The zero-order chi connectivity index (χ0) is 14.7. The molecule has 0 unspecified atom stereocenters. The minimum absolute atomic E-state index is 0.278. The number of benzene rings is 1. The summed E-state index contributed by atoms with van der Waals surface area (Å²) in [6.07, 6.45) is 3.77. The van der Waals surface area contributed by atoms with E-state index in [2.05, 4.69) is 10.2 Å². The summed E-state index contributed by atoms with van der Waals surface area (Å²) in [5.74, 6) is 1.14. The fourth-order valence-corrected chi connectivity index (χ4v) is 3.40. The third-order valence-electron chi connectivity index (χ3n) is 3.62. The van der Waals surface area contributed by atoms with Gasteiger partial charge >= 0.3 is 0 Å². The van der Waals surface area contributed by atoms with Crippen molar-refractivity contribution in [3.05, 3.63) is 30.1 Å². The summed E-state index contributed by atoms with van der Waals surface area (Å²) in [4.78, 5) is 0.